The number of aromatic nitrogens is 1. The first-order valence-electron chi connectivity index (χ1n) is 9.71. The molecule has 2 heterocycles. The van der Waals surface area contributed by atoms with Crippen LogP contribution in [0.3, 0.4) is 0 Å². The molecule has 2 atom stereocenters. The summed E-state index contributed by atoms with van der Waals surface area (Å²) in [5, 5.41) is 0. The predicted octanol–water partition coefficient (Wildman–Crippen LogP) is 5.03. The monoisotopic (exact) mass is 366 g/mol. The van der Waals surface area contributed by atoms with Gasteiger partial charge in [0.2, 0.25) is 0 Å². The molecular formula is C22H26N2OS. The first kappa shape index (κ1) is 17.6. The molecule has 0 bridgehead atoms. The molecule has 0 unspecified atom stereocenters. The number of carbonyl (C=O) groups excluding carboxylic acids is 1. The lowest BCUT2D eigenvalue weighted by atomic mass is 9.75. The molecule has 2 aromatic rings. The maximum Gasteiger partial charge on any atom is 0.254 e. The molecule has 1 aromatic heterocycles. The topological polar surface area (TPSA) is 33.2 Å². The number of amides is 1. The number of piperidine rings is 1. The van der Waals surface area contributed by atoms with Crippen molar-refractivity contribution in [1.82, 2.24) is 9.88 Å². The van der Waals surface area contributed by atoms with Crippen LogP contribution in [0, 0.1) is 11.8 Å². The lowest BCUT2D eigenvalue weighted by Crippen LogP contribution is -2.44. The number of rotatable bonds is 4. The minimum atomic E-state index is 0.211. The second kappa shape index (κ2) is 8.26. The molecule has 1 aromatic carbocycles. The van der Waals surface area contributed by atoms with E-state index in [4.69, 9.17) is 0 Å². The van der Waals surface area contributed by atoms with E-state index in [9.17, 15) is 4.79 Å². The van der Waals surface area contributed by atoms with Gasteiger partial charge in [-0.05, 0) is 48.4 Å². The van der Waals surface area contributed by atoms with Gasteiger partial charge in [-0.25, -0.2) is 0 Å². The Balaban J connectivity index is 1.46. The molecule has 1 saturated carbocycles. The number of hydrogen-bond donors (Lipinski definition) is 0. The number of carbonyl (C=O) groups is 1. The van der Waals surface area contributed by atoms with Crippen LogP contribution in [0.2, 0.25) is 0 Å². The summed E-state index contributed by atoms with van der Waals surface area (Å²) in [5.74, 6) is 2.62. The van der Waals surface area contributed by atoms with Gasteiger partial charge in [0.05, 0.1) is 5.56 Å². The van der Waals surface area contributed by atoms with Crippen molar-refractivity contribution < 1.29 is 4.79 Å². The van der Waals surface area contributed by atoms with Gasteiger partial charge in [-0.3, -0.25) is 9.78 Å². The molecule has 1 aliphatic carbocycles. The molecule has 1 aliphatic heterocycles. The van der Waals surface area contributed by atoms with Crippen molar-refractivity contribution in [3.8, 4) is 0 Å². The molecule has 0 N–H and O–H groups in total. The lowest BCUT2D eigenvalue weighted by molar-refractivity contribution is 0.0517. The molecule has 0 spiro atoms. The Morgan fingerprint density at radius 1 is 1.08 bits per heavy atom. The van der Waals surface area contributed by atoms with E-state index in [1.54, 1.807) is 18.0 Å². The van der Waals surface area contributed by atoms with Gasteiger partial charge in [0.1, 0.15) is 0 Å². The van der Waals surface area contributed by atoms with Gasteiger partial charge in [0, 0.05) is 36.1 Å². The third-order valence-electron chi connectivity index (χ3n) is 5.81. The smallest absolute Gasteiger partial charge is 0.254 e. The summed E-state index contributed by atoms with van der Waals surface area (Å²) in [5.41, 5.74) is 2.04. The molecule has 136 valence electrons. The minimum Gasteiger partial charge on any atom is -0.338 e. The normalized spacial score (nSPS) is 22.7. The van der Waals surface area contributed by atoms with Crippen LogP contribution in [0.4, 0.5) is 0 Å². The maximum atomic E-state index is 13.2. The lowest BCUT2D eigenvalue weighted by Gasteiger charge is -2.41. The molecular weight excluding hydrogens is 340 g/mol. The van der Waals surface area contributed by atoms with Crippen molar-refractivity contribution in [3.63, 3.8) is 0 Å². The highest BCUT2D eigenvalue weighted by Gasteiger charge is 2.33. The fraction of sp³-hybridized carbons (Fsp3) is 0.455. The van der Waals surface area contributed by atoms with Crippen molar-refractivity contribution in [3.05, 3.63) is 59.9 Å². The first-order chi connectivity index (χ1) is 12.8. The Labute approximate surface area is 160 Å². The van der Waals surface area contributed by atoms with Crippen LogP contribution in [0.5, 0.6) is 0 Å². The van der Waals surface area contributed by atoms with Crippen molar-refractivity contribution in [1.29, 1.82) is 0 Å². The SMILES string of the molecule is O=C(c1ccccc1SCc1cccnc1)N1CC[C@@H]2CCCC[C@H]2C1. The van der Waals surface area contributed by atoms with Gasteiger partial charge in [0.25, 0.3) is 5.91 Å². The van der Waals surface area contributed by atoms with E-state index in [1.807, 2.05) is 30.5 Å². The first-order valence-corrected chi connectivity index (χ1v) is 10.7. The molecule has 2 aliphatic rings. The fourth-order valence-corrected chi connectivity index (χ4v) is 5.35. The van der Waals surface area contributed by atoms with Gasteiger partial charge >= 0.3 is 0 Å². The molecule has 1 amide bonds. The molecule has 3 nitrogen and oxygen atoms in total. The number of fused-ring (bicyclic) bond motifs is 1. The average molecular weight is 367 g/mol. The van der Waals surface area contributed by atoms with Crippen LogP contribution >= 0.6 is 11.8 Å². The number of hydrogen-bond acceptors (Lipinski definition) is 3. The molecule has 1 saturated heterocycles. The van der Waals surface area contributed by atoms with Crippen molar-refractivity contribution >= 4 is 17.7 Å². The van der Waals surface area contributed by atoms with Crippen LogP contribution in [-0.2, 0) is 5.75 Å². The van der Waals surface area contributed by atoms with Gasteiger partial charge < -0.3 is 4.90 Å². The van der Waals surface area contributed by atoms with E-state index in [0.717, 1.165) is 41.1 Å². The zero-order valence-electron chi connectivity index (χ0n) is 15.1. The number of benzene rings is 1. The quantitative estimate of drug-likeness (QED) is 0.712. The van der Waals surface area contributed by atoms with Crippen molar-refractivity contribution in [2.75, 3.05) is 13.1 Å². The number of nitrogens with zero attached hydrogens (tertiary/aromatic N) is 2. The van der Waals surface area contributed by atoms with E-state index >= 15 is 0 Å². The van der Waals surface area contributed by atoms with E-state index in [-0.39, 0.29) is 5.91 Å². The van der Waals surface area contributed by atoms with Gasteiger partial charge in [-0.2, -0.15) is 0 Å². The van der Waals surface area contributed by atoms with E-state index in [2.05, 4.69) is 22.0 Å². The average Bonchev–Trinajstić information content (AvgIpc) is 2.72. The Morgan fingerprint density at radius 2 is 1.92 bits per heavy atom. The zero-order chi connectivity index (χ0) is 17.8. The second-order valence-corrected chi connectivity index (χ2v) is 8.51. The standard InChI is InChI=1S/C22H26N2OS/c25-22(24-13-11-18-7-1-2-8-19(18)15-24)20-9-3-4-10-21(20)26-16-17-6-5-12-23-14-17/h3-6,9-10,12,14,18-19H,1-2,7-8,11,13,15-16H2/t18-,19-/m0/s1. The maximum absolute atomic E-state index is 13.2. The molecule has 4 rings (SSSR count). The highest BCUT2D eigenvalue weighted by molar-refractivity contribution is 7.98. The number of thioether (sulfide) groups is 1. The highest BCUT2D eigenvalue weighted by atomic mass is 32.2. The summed E-state index contributed by atoms with van der Waals surface area (Å²) in [6.45, 7) is 1.87. The summed E-state index contributed by atoms with van der Waals surface area (Å²) < 4.78 is 0. The van der Waals surface area contributed by atoms with Crippen molar-refractivity contribution in [2.24, 2.45) is 11.8 Å². The third kappa shape index (κ3) is 3.96. The summed E-state index contributed by atoms with van der Waals surface area (Å²) in [6.07, 6.45) is 10.2. The minimum absolute atomic E-state index is 0.211. The van der Waals surface area contributed by atoms with Crippen LogP contribution in [-0.4, -0.2) is 28.9 Å². The van der Waals surface area contributed by atoms with Crippen LogP contribution in [0.1, 0.15) is 48.0 Å². The van der Waals surface area contributed by atoms with Crippen LogP contribution in [0.25, 0.3) is 0 Å². The van der Waals surface area contributed by atoms with Gasteiger partial charge in [-0.15, -0.1) is 11.8 Å². The summed E-state index contributed by atoms with van der Waals surface area (Å²) in [6, 6.07) is 12.1. The predicted molar refractivity (Wildman–Crippen MR) is 106 cm³/mol. The van der Waals surface area contributed by atoms with E-state index in [0.29, 0.717) is 0 Å². The Morgan fingerprint density at radius 3 is 2.77 bits per heavy atom. The number of pyridine rings is 1. The summed E-state index contributed by atoms with van der Waals surface area (Å²) >= 11 is 1.73. The molecule has 4 heteroatoms. The van der Waals surface area contributed by atoms with Crippen molar-refractivity contribution in [2.45, 2.75) is 42.8 Å². The highest BCUT2D eigenvalue weighted by Crippen LogP contribution is 2.37. The second-order valence-electron chi connectivity index (χ2n) is 7.49. The van der Waals surface area contributed by atoms with Gasteiger partial charge in [-0.1, -0.05) is 37.5 Å². The van der Waals surface area contributed by atoms with Crippen LogP contribution < -0.4 is 0 Å². The third-order valence-corrected chi connectivity index (χ3v) is 6.96. The van der Waals surface area contributed by atoms with E-state index in [1.165, 1.54) is 37.7 Å². The van der Waals surface area contributed by atoms with E-state index < -0.39 is 0 Å². The Kier molecular flexibility index (Phi) is 5.59. The molecule has 2 fully saturated rings. The summed E-state index contributed by atoms with van der Waals surface area (Å²) in [7, 11) is 0. The van der Waals surface area contributed by atoms with Gasteiger partial charge in [0.15, 0.2) is 0 Å². The van der Waals surface area contributed by atoms with Crippen LogP contribution in [0.15, 0.2) is 53.7 Å². The molecule has 0 radical (unpaired) electrons. The summed E-state index contributed by atoms with van der Waals surface area (Å²) in [4.78, 5) is 20.6. The Bertz CT molecular complexity index is 749. The zero-order valence-corrected chi connectivity index (χ0v) is 16.0. The Hall–Kier alpha value is -1.81. The fourth-order valence-electron chi connectivity index (χ4n) is 4.37. The largest absolute Gasteiger partial charge is 0.338 e. The number of likely N-dealkylation sites (tertiary alicyclic amines) is 1. The molecule has 26 heavy (non-hydrogen) atoms.